The molecule has 2 aromatic rings. The number of benzene rings is 2. The third kappa shape index (κ3) is 5.35. The number of para-hydroxylation sites is 2. The van der Waals surface area contributed by atoms with Crippen molar-refractivity contribution in [2.24, 2.45) is 0 Å². The number of fused-ring (bicyclic) bond motifs is 1. The molecule has 2 aliphatic heterocycles. The van der Waals surface area contributed by atoms with E-state index in [1.807, 2.05) is 0 Å². The van der Waals surface area contributed by atoms with Gasteiger partial charge in [0.1, 0.15) is 5.75 Å². The van der Waals surface area contributed by atoms with E-state index in [1.54, 1.807) is 34.1 Å². The summed E-state index contributed by atoms with van der Waals surface area (Å²) in [5, 5.41) is 2.46. The highest BCUT2D eigenvalue weighted by Gasteiger charge is 2.35. The number of carbonyl (C=O) groups is 2. The molecule has 1 atom stereocenters. The lowest BCUT2D eigenvalue weighted by Crippen LogP contribution is -2.52. The molecule has 0 unspecified atom stereocenters. The smallest absolute Gasteiger partial charge is 0.416 e. The SMILES string of the molecule is O=C(CN1C[C@@H](C(=O)N2CCCCC2)Oc2ccccc21)Nc1cc(C(F)(F)F)ccc1Cl. The number of rotatable bonds is 4. The Kier molecular flexibility index (Phi) is 6.69. The second kappa shape index (κ2) is 9.51. The van der Waals surface area contributed by atoms with Gasteiger partial charge in [0.2, 0.25) is 5.91 Å². The van der Waals surface area contributed by atoms with Crippen molar-refractivity contribution >= 4 is 34.8 Å². The molecule has 0 saturated carbocycles. The number of halogens is 4. The van der Waals surface area contributed by atoms with Gasteiger partial charge >= 0.3 is 6.18 Å². The van der Waals surface area contributed by atoms with Gasteiger partial charge in [-0.3, -0.25) is 9.59 Å². The average molecular weight is 482 g/mol. The molecule has 1 N–H and O–H groups in total. The molecule has 1 saturated heterocycles. The van der Waals surface area contributed by atoms with Crippen LogP contribution in [0.4, 0.5) is 24.5 Å². The normalized spacial score (nSPS) is 18.4. The zero-order valence-corrected chi connectivity index (χ0v) is 18.5. The number of alkyl halides is 3. The van der Waals surface area contributed by atoms with Crippen molar-refractivity contribution in [3.05, 3.63) is 53.1 Å². The highest BCUT2D eigenvalue weighted by atomic mass is 35.5. The molecule has 0 aliphatic carbocycles. The van der Waals surface area contributed by atoms with E-state index >= 15 is 0 Å². The molecule has 10 heteroatoms. The van der Waals surface area contributed by atoms with Crippen molar-refractivity contribution in [2.45, 2.75) is 31.5 Å². The lowest BCUT2D eigenvalue weighted by atomic mass is 10.1. The summed E-state index contributed by atoms with van der Waals surface area (Å²) in [5.74, 6) is -0.211. The summed E-state index contributed by atoms with van der Waals surface area (Å²) in [5.41, 5.74) is -0.407. The summed E-state index contributed by atoms with van der Waals surface area (Å²) < 4.78 is 45.0. The molecule has 1 fully saturated rings. The van der Waals surface area contributed by atoms with Crippen molar-refractivity contribution < 1.29 is 27.5 Å². The van der Waals surface area contributed by atoms with Crippen molar-refractivity contribution in [1.29, 1.82) is 0 Å². The lowest BCUT2D eigenvalue weighted by Gasteiger charge is -2.38. The van der Waals surface area contributed by atoms with Crippen LogP contribution in [0.2, 0.25) is 5.02 Å². The van der Waals surface area contributed by atoms with Crippen molar-refractivity contribution in [3.8, 4) is 5.75 Å². The van der Waals surface area contributed by atoms with Gasteiger partial charge in [-0.2, -0.15) is 13.2 Å². The van der Waals surface area contributed by atoms with E-state index in [0.29, 0.717) is 24.5 Å². The fourth-order valence-electron chi connectivity index (χ4n) is 4.06. The van der Waals surface area contributed by atoms with E-state index in [0.717, 1.165) is 37.5 Å². The second-order valence-electron chi connectivity index (χ2n) is 8.08. The maximum Gasteiger partial charge on any atom is 0.416 e. The number of nitrogens with zero attached hydrogens (tertiary/aromatic N) is 2. The third-order valence-corrected chi connectivity index (χ3v) is 6.04. The van der Waals surface area contributed by atoms with Crippen LogP contribution in [0, 0.1) is 0 Å². The number of anilines is 2. The van der Waals surface area contributed by atoms with Gasteiger partial charge in [-0.1, -0.05) is 23.7 Å². The van der Waals surface area contributed by atoms with E-state index in [-0.39, 0.29) is 29.7 Å². The average Bonchev–Trinajstić information content (AvgIpc) is 2.79. The minimum Gasteiger partial charge on any atom is -0.477 e. The Balaban J connectivity index is 1.50. The fourth-order valence-corrected chi connectivity index (χ4v) is 4.23. The van der Waals surface area contributed by atoms with Crippen molar-refractivity contribution in [2.75, 3.05) is 36.4 Å². The van der Waals surface area contributed by atoms with Gasteiger partial charge in [0.15, 0.2) is 6.10 Å². The molecule has 2 aliphatic rings. The minimum atomic E-state index is -4.56. The monoisotopic (exact) mass is 481 g/mol. The van der Waals surface area contributed by atoms with Crippen LogP contribution in [-0.2, 0) is 15.8 Å². The number of ether oxygens (including phenoxy) is 1. The van der Waals surface area contributed by atoms with Crippen LogP contribution in [0.15, 0.2) is 42.5 Å². The van der Waals surface area contributed by atoms with E-state index < -0.39 is 23.8 Å². The van der Waals surface area contributed by atoms with Crippen LogP contribution in [0.5, 0.6) is 5.75 Å². The van der Waals surface area contributed by atoms with Gasteiger partial charge in [-0.15, -0.1) is 0 Å². The summed E-state index contributed by atoms with van der Waals surface area (Å²) in [6.07, 6.45) is -2.36. The topological polar surface area (TPSA) is 61.9 Å². The summed E-state index contributed by atoms with van der Waals surface area (Å²) >= 11 is 6.00. The molecular formula is C23H23ClF3N3O3. The van der Waals surface area contributed by atoms with Gasteiger partial charge in [0, 0.05) is 13.1 Å². The molecule has 0 radical (unpaired) electrons. The minimum absolute atomic E-state index is 0.00289. The van der Waals surface area contributed by atoms with Crippen molar-refractivity contribution in [1.82, 2.24) is 4.90 Å². The number of hydrogen-bond donors (Lipinski definition) is 1. The molecule has 2 amide bonds. The zero-order valence-electron chi connectivity index (χ0n) is 17.7. The molecular weight excluding hydrogens is 459 g/mol. The Bertz CT molecular complexity index is 1040. The summed E-state index contributed by atoms with van der Waals surface area (Å²) in [6, 6.07) is 9.79. The third-order valence-electron chi connectivity index (χ3n) is 5.71. The van der Waals surface area contributed by atoms with Gasteiger partial charge in [0.05, 0.1) is 35.1 Å². The van der Waals surface area contributed by atoms with Crippen LogP contribution >= 0.6 is 11.6 Å². The fraction of sp³-hybridized carbons (Fsp3) is 0.391. The first kappa shape index (κ1) is 23.2. The number of piperidine rings is 1. The highest BCUT2D eigenvalue weighted by molar-refractivity contribution is 6.33. The summed E-state index contributed by atoms with van der Waals surface area (Å²) in [7, 11) is 0. The summed E-state index contributed by atoms with van der Waals surface area (Å²) in [6.45, 7) is 1.32. The van der Waals surface area contributed by atoms with Crippen LogP contribution in [-0.4, -0.2) is 49.0 Å². The molecule has 2 heterocycles. The molecule has 2 aromatic carbocycles. The summed E-state index contributed by atoms with van der Waals surface area (Å²) in [4.78, 5) is 29.2. The second-order valence-corrected chi connectivity index (χ2v) is 8.49. The standard InChI is InChI=1S/C23H23ClF3N3O3/c24-16-9-8-15(23(25,26)27)12-17(16)28-21(31)14-30-13-20(22(32)29-10-4-1-5-11-29)33-19-7-3-2-6-18(19)30/h2-3,6-9,12,20H,1,4-5,10-11,13-14H2,(H,28,31)/t20-/m0/s1. The first-order chi connectivity index (χ1) is 15.7. The van der Waals surface area contributed by atoms with Gasteiger partial charge in [0.25, 0.3) is 5.91 Å². The molecule has 6 nitrogen and oxygen atoms in total. The number of amides is 2. The first-order valence-electron chi connectivity index (χ1n) is 10.7. The molecule has 176 valence electrons. The predicted octanol–water partition coefficient (Wildman–Crippen LogP) is 4.58. The predicted molar refractivity (Wildman–Crippen MR) is 119 cm³/mol. The van der Waals surface area contributed by atoms with Gasteiger partial charge in [-0.05, 0) is 49.6 Å². The zero-order chi connectivity index (χ0) is 23.6. The lowest BCUT2D eigenvalue weighted by molar-refractivity contribution is -0.139. The largest absolute Gasteiger partial charge is 0.477 e. The Labute approximate surface area is 194 Å². The Morgan fingerprint density at radius 2 is 1.82 bits per heavy atom. The maximum absolute atomic E-state index is 13.0. The van der Waals surface area contributed by atoms with E-state index in [2.05, 4.69) is 5.32 Å². The van der Waals surface area contributed by atoms with Crippen LogP contribution in [0.1, 0.15) is 24.8 Å². The van der Waals surface area contributed by atoms with Gasteiger partial charge in [-0.25, -0.2) is 0 Å². The highest BCUT2D eigenvalue weighted by Crippen LogP contribution is 2.35. The molecule has 0 bridgehead atoms. The van der Waals surface area contributed by atoms with Crippen LogP contribution < -0.4 is 15.0 Å². The van der Waals surface area contributed by atoms with E-state index in [9.17, 15) is 22.8 Å². The number of carbonyl (C=O) groups excluding carboxylic acids is 2. The number of hydrogen-bond acceptors (Lipinski definition) is 4. The molecule has 0 aromatic heterocycles. The molecule has 4 rings (SSSR count). The van der Waals surface area contributed by atoms with Gasteiger partial charge < -0.3 is 19.9 Å². The Hall–Kier alpha value is -2.94. The van der Waals surface area contributed by atoms with Crippen molar-refractivity contribution in [3.63, 3.8) is 0 Å². The Morgan fingerprint density at radius 1 is 1.09 bits per heavy atom. The maximum atomic E-state index is 13.0. The number of nitrogens with one attached hydrogen (secondary N) is 1. The van der Waals surface area contributed by atoms with E-state index in [4.69, 9.17) is 16.3 Å². The number of likely N-dealkylation sites (tertiary alicyclic amines) is 1. The van der Waals surface area contributed by atoms with Crippen LogP contribution in [0.25, 0.3) is 0 Å². The van der Waals surface area contributed by atoms with Crippen LogP contribution in [0.3, 0.4) is 0 Å². The molecule has 33 heavy (non-hydrogen) atoms. The Morgan fingerprint density at radius 3 is 2.55 bits per heavy atom. The molecule has 0 spiro atoms. The van der Waals surface area contributed by atoms with E-state index in [1.165, 1.54) is 0 Å². The quantitative estimate of drug-likeness (QED) is 0.694. The first-order valence-corrected chi connectivity index (χ1v) is 11.1.